The molecule has 0 aliphatic heterocycles. The lowest BCUT2D eigenvalue weighted by Gasteiger charge is -2.05. The van der Waals surface area contributed by atoms with Gasteiger partial charge in [0.1, 0.15) is 11.3 Å². The van der Waals surface area contributed by atoms with Crippen LogP contribution in [0.2, 0.25) is 5.02 Å². The first-order valence-electron chi connectivity index (χ1n) is 5.93. The maximum Gasteiger partial charge on any atom is 0.233 e. The van der Waals surface area contributed by atoms with Gasteiger partial charge in [-0.05, 0) is 30.3 Å². The molecule has 3 rings (SSSR count). The third-order valence-corrected chi connectivity index (χ3v) is 3.05. The highest BCUT2D eigenvalue weighted by atomic mass is 35.5. The van der Waals surface area contributed by atoms with Crippen molar-refractivity contribution in [3.8, 4) is 11.8 Å². The molecule has 1 aromatic heterocycles. The van der Waals surface area contributed by atoms with E-state index in [2.05, 4.69) is 4.98 Å². The lowest BCUT2D eigenvalue weighted by Crippen LogP contribution is -1.96. The summed E-state index contributed by atoms with van der Waals surface area (Å²) in [5.41, 5.74) is 2.00. The van der Waals surface area contributed by atoms with E-state index in [1.54, 1.807) is 18.2 Å². The van der Waals surface area contributed by atoms with Crippen LogP contribution in [0.1, 0.15) is 11.5 Å². The fraction of sp³-hybridized carbons (Fsp3) is 0.0667. The molecule has 0 atom stereocenters. The smallest absolute Gasteiger partial charge is 0.233 e. The molecular formula is C15H9ClN2O2. The number of benzene rings is 2. The number of aromatic nitrogens is 1. The van der Waals surface area contributed by atoms with E-state index in [1.807, 2.05) is 30.3 Å². The van der Waals surface area contributed by atoms with Crippen molar-refractivity contribution in [2.45, 2.75) is 6.61 Å². The maximum absolute atomic E-state index is 8.77. The predicted molar refractivity (Wildman–Crippen MR) is 74.5 cm³/mol. The van der Waals surface area contributed by atoms with E-state index >= 15 is 0 Å². The lowest BCUT2D eigenvalue weighted by atomic mass is 10.2. The van der Waals surface area contributed by atoms with Gasteiger partial charge in [-0.3, -0.25) is 0 Å². The van der Waals surface area contributed by atoms with Crippen LogP contribution in [0.4, 0.5) is 0 Å². The number of nitrogens with zero attached hydrogens (tertiary/aromatic N) is 2. The molecule has 1 heterocycles. The van der Waals surface area contributed by atoms with Crippen molar-refractivity contribution in [1.82, 2.24) is 4.98 Å². The Bertz CT molecular complexity index is 772. The number of ether oxygens (including phenoxy) is 1. The zero-order chi connectivity index (χ0) is 13.9. The molecule has 0 unspecified atom stereocenters. The van der Waals surface area contributed by atoms with Crippen LogP contribution < -0.4 is 4.74 Å². The minimum Gasteiger partial charge on any atom is -0.482 e. The number of fused-ring (bicyclic) bond motifs is 1. The summed E-state index contributed by atoms with van der Waals surface area (Å²) >= 11 is 6.03. The Morgan fingerprint density at radius 2 is 2.10 bits per heavy atom. The summed E-state index contributed by atoms with van der Waals surface area (Å²) < 4.78 is 11.1. The molecule has 4 nitrogen and oxygen atoms in total. The molecule has 5 heteroatoms. The summed E-state index contributed by atoms with van der Waals surface area (Å²) in [7, 11) is 0. The van der Waals surface area contributed by atoms with Crippen LogP contribution in [0.3, 0.4) is 0 Å². The summed E-state index contributed by atoms with van der Waals surface area (Å²) in [5.74, 6) is 0.972. The highest BCUT2D eigenvalue weighted by Crippen LogP contribution is 2.26. The first-order valence-corrected chi connectivity index (χ1v) is 6.31. The zero-order valence-corrected chi connectivity index (χ0v) is 11.1. The van der Waals surface area contributed by atoms with Crippen LogP contribution >= 0.6 is 11.6 Å². The van der Waals surface area contributed by atoms with Crippen LogP contribution in [0.25, 0.3) is 11.1 Å². The molecule has 0 aliphatic rings. The summed E-state index contributed by atoms with van der Waals surface area (Å²) in [5, 5.41) is 9.16. The molecule has 3 aromatic rings. The van der Waals surface area contributed by atoms with Gasteiger partial charge < -0.3 is 9.15 Å². The largest absolute Gasteiger partial charge is 0.482 e. The Labute approximate surface area is 120 Å². The van der Waals surface area contributed by atoms with Crippen LogP contribution in [0.15, 0.2) is 46.9 Å². The van der Waals surface area contributed by atoms with E-state index in [1.165, 1.54) is 0 Å². The standard InChI is InChI=1S/C15H9ClN2O2/c16-11-7-10(8-17)5-6-13(11)19-9-15-18-12-3-1-2-4-14(12)20-15/h1-7H,9H2. The first-order chi connectivity index (χ1) is 9.76. The third-order valence-electron chi connectivity index (χ3n) is 2.75. The topological polar surface area (TPSA) is 59.0 Å². The highest BCUT2D eigenvalue weighted by molar-refractivity contribution is 6.32. The number of para-hydroxylation sites is 2. The van der Waals surface area contributed by atoms with Gasteiger partial charge in [-0.15, -0.1) is 0 Å². The number of hydrogen-bond acceptors (Lipinski definition) is 4. The Morgan fingerprint density at radius 3 is 2.85 bits per heavy atom. The van der Waals surface area contributed by atoms with Crippen LogP contribution in [-0.4, -0.2) is 4.98 Å². The van der Waals surface area contributed by atoms with Crippen molar-refractivity contribution < 1.29 is 9.15 Å². The van der Waals surface area contributed by atoms with Crippen molar-refractivity contribution >= 4 is 22.7 Å². The number of oxazole rings is 1. The van der Waals surface area contributed by atoms with Gasteiger partial charge in [0.2, 0.25) is 5.89 Å². The Morgan fingerprint density at radius 1 is 1.25 bits per heavy atom. The summed E-state index contributed by atoms with van der Waals surface area (Å²) in [6.45, 7) is 0.181. The second kappa shape index (κ2) is 5.24. The van der Waals surface area contributed by atoms with Crippen LogP contribution in [0.5, 0.6) is 5.75 Å². The van der Waals surface area contributed by atoms with Crippen LogP contribution in [-0.2, 0) is 6.61 Å². The highest BCUT2D eigenvalue weighted by Gasteiger charge is 2.08. The monoisotopic (exact) mass is 284 g/mol. The van der Waals surface area contributed by atoms with Gasteiger partial charge in [0.25, 0.3) is 0 Å². The molecular weight excluding hydrogens is 276 g/mol. The molecule has 0 saturated carbocycles. The van der Waals surface area contributed by atoms with Crippen molar-refractivity contribution in [3.05, 3.63) is 58.9 Å². The quantitative estimate of drug-likeness (QED) is 0.731. The van der Waals surface area contributed by atoms with Gasteiger partial charge in [0, 0.05) is 0 Å². The molecule has 0 bridgehead atoms. The van der Waals surface area contributed by atoms with Crippen molar-refractivity contribution in [2.24, 2.45) is 0 Å². The molecule has 0 fully saturated rings. The molecule has 0 radical (unpaired) electrons. The summed E-state index contributed by atoms with van der Waals surface area (Å²) in [6, 6.07) is 14.4. The Balaban J connectivity index is 1.77. The fourth-order valence-corrected chi connectivity index (χ4v) is 2.04. The Hall–Kier alpha value is -2.51. The molecule has 2 aromatic carbocycles. The van der Waals surface area contributed by atoms with Crippen LogP contribution in [0, 0.1) is 11.3 Å². The molecule has 0 saturated heterocycles. The van der Waals surface area contributed by atoms with Gasteiger partial charge in [0.05, 0.1) is 16.7 Å². The third kappa shape index (κ3) is 2.44. The number of rotatable bonds is 3. The van der Waals surface area contributed by atoms with Gasteiger partial charge in [-0.1, -0.05) is 23.7 Å². The maximum atomic E-state index is 8.77. The second-order valence-corrected chi connectivity index (χ2v) is 4.53. The fourth-order valence-electron chi connectivity index (χ4n) is 1.81. The predicted octanol–water partition coefficient (Wildman–Crippen LogP) is 3.93. The molecule has 98 valence electrons. The summed E-state index contributed by atoms with van der Waals surface area (Å²) in [4.78, 5) is 4.30. The van der Waals surface area contributed by atoms with E-state index < -0.39 is 0 Å². The van der Waals surface area contributed by atoms with Crippen molar-refractivity contribution in [1.29, 1.82) is 5.26 Å². The zero-order valence-electron chi connectivity index (χ0n) is 10.3. The number of halogens is 1. The average Bonchev–Trinajstić information content (AvgIpc) is 2.88. The van der Waals surface area contributed by atoms with Crippen molar-refractivity contribution in [2.75, 3.05) is 0 Å². The molecule has 0 amide bonds. The van der Waals surface area contributed by atoms with E-state index in [4.69, 9.17) is 26.0 Å². The lowest BCUT2D eigenvalue weighted by molar-refractivity contribution is 0.267. The van der Waals surface area contributed by atoms with Gasteiger partial charge in [0.15, 0.2) is 12.2 Å². The van der Waals surface area contributed by atoms with E-state index in [0.29, 0.717) is 22.2 Å². The minimum absolute atomic E-state index is 0.181. The van der Waals surface area contributed by atoms with E-state index in [9.17, 15) is 0 Å². The van der Waals surface area contributed by atoms with Crippen molar-refractivity contribution in [3.63, 3.8) is 0 Å². The van der Waals surface area contributed by atoms with E-state index in [0.717, 1.165) is 11.1 Å². The molecule has 0 spiro atoms. The Kier molecular flexibility index (Phi) is 3.28. The van der Waals surface area contributed by atoms with E-state index in [-0.39, 0.29) is 6.61 Å². The molecule has 0 N–H and O–H groups in total. The second-order valence-electron chi connectivity index (χ2n) is 4.12. The minimum atomic E-state index is 0.181. The molecule has 20 heavy (non-hydrogen) atoms. The first kappa shape index (κ1) is 12.5. The number of nitriles is 1. The van der Waals surface area contributed by atoms with Gasteiger partial charge >= 0.3 is 0 Å². The van der Waals surface area contributed by atoms with Gasteiger partial charge in [-0.25, -0.2) is 4.98 Å². The summed E-state index contributed by atoms with van der Waals surface area (Å²) in [6.07, 6.45) is 0. The SMILES string of the molecule is N#Cc1ccc(OCc2nc3ccccc3o2)c(Cl)c1. The number of hydrogen-bond donors (Lipinski definition) is 0. The van der Waals surface area contributed by atoms with Gasteiger partial charge in [-0.2, -0.15) is 5.26 Å². The normalized spacial score (nSPS) is 10.4. The average molecular weight is 285 g/mol. The molecule has 0 aliphatic carbocycles.